The zero-order chi connectivity index (χ0) is 15.6. The molecule has 6 heteroatoms. The molecule has 1 unspecified atom stereocenters. The number of nitrogens with one attached hydrogen (secondary N) is 1. The first-order chi connectivity index (χ1) is 9.99. The lowest BCUT2D eigenvalue weighted by Gasteiger charge is -2.21. The minimum Gasteiger partial charge on any atom is -0.495 e. The molecular weight excluding hydrogens is 352 g/mol. The number of hydrogen-bond donors (Lipinski definition) is 1. The molecule has 0 aliphatic heterocycles. The van der Waals surface area contributed by atoms with Gasteiger partial charge >= 0.3 is 0 Å². The first-order valence-electron chi connectivity index (χ1n) is 6.13. The molecule has 0 amide bonds. The maximum absolute atomic E-state index is 6.34. The quantitative estimate of drug-likeness (QED) is 0.760. The lowest BCUT2D eigenvalue weighted by molar-refractivity contribution is 0.415. The molecule has 1 N–H and O–H groups in total. The van der Waals surface area contributed by atoms with Crippen LogP contribution in [0.15, 0.2) is 30.3 Å². The van der Waals surface area contributed by atoms with E-state index in [2.05, 4.69) is 5.32 Å². The summed E-state index contributed by atoms with van der Waals surface area (Å²) in [6.45, 7) is 0. The zero-order valence-corrected chi connectivity index (χ0v) is 14.4. The summed E-state index contributed by atoms with van der Waals surface area (Å²) in [5.74, 6) is 0.525. The summed E-state index contributed by atoms with van der Waals surface area (Å²) < 4.78 is 5.16. The van der Waals surface area contributed by atoms with Gasteiger partial charge in [-0.25, -0.2) is 0 Å². The van der Waals surface area contributed by atoms with Crippen molar-refractivity contribution < 1.29 is 4.74 Å². The number of benzene rings is 2. The fraction of sp³-hybridized carbons (Fsp3) is 0.200. The Balaban J connectivity index is 2.57. The van der Waals surface area contributed by atoms with Crippen molar-refractivity contribution in [2.75, 3.05) is 14.2 Å². The molecule has 0 radical (unpaired) electrons. The monoisotopic (exact) mass is 363 g/mol. The molecule has 0 spiro atoms. The van der Waals surface area contributed by atoms with Gasteiger partial charge in [-0.3, -0.25) is 0 Å². The molecule has 0 aromatic heterocycles. The molecule has 0 bridgehead atoms. The van der Waals surface area contributed by atoms with Gasteiger partial charge in [0.05, 0.1) is 28.2 Å². The second-order valence-electron chi connectivity index (χ2n) is 4.37. The Morgan fingerprint density at radius 3 is 2.29 bits per heavy atom. The summed E-state index contributed by atoms with van der Waals surface area (Å²) in [5.41, 5.74) is 1.63. The van der Waals surface area contributed by atoms with Gasteiger partial charge in [0.1, 0.15) is 5.75 Å². The SMILES string of the molecule is CNC(c1cc(Cl)c(OC)cc1Cl)c1cccc(Cl)c1Cl. The summed E-state index contributed by atoms with van der Waals surface area (Å²) in [6.07, 6.45) is 0. The fourth-order valence-electron chi connectivity index (χ4n) is 2.14. The number of ether oxygens (including phenoxy) is 1. The molecule has 112 valence electrons. The molecule has 0 aliphatic carbocycles. The second-order valence-corrected chi connectivity index (χ2v) is 5.97. The van der Waals surface area contributed by atoms with E-state index in [4.69, 9.17) is 51.1 Å². The van der Waals surface area contributed by atoms with Crippen LogP contribution in [-0.2, 0) is 0 Å². The molecule has 2 nitrogen and oxygen atoms in total. The Morgan fingerprint density at radius 2 is 1.67 bits per heavy atom. The predicted molar refractivity (Wildman–Crippen MR) is 90.4 cm³/mol. The normalized spacial score (nSPS) is 12.3. The third-order valence-electron chi connectivity index (χ3n) is 3.16. The first-order valence-corrected chi connectivity index (χ1v) is 7.64. The van der Waals surface area contributed by atoms with E-state index in [1.807, 2.05) is 19.2 Å². The molecule has 2 rings (SSSR count). The zero-order valence-electron chi connectivity index (χ0n) is 11.4. The van der Waals surface area contributed by atoms with E-state index in [1.54, 1.807) is 25.3 Å². The van der Waals surface area contributed by atoms with E-state index >= 15 is 0 Å². The smallest absolute Gasteiger partial charge is 0.138 e. The highest BCUT2D eigenvalue weighted by Crippen LogP contribution is 2.39. The van der Waals surface area contributed by atoms with E-state index in [9.17, 15) is 0 Å². The van der Waals surface area contributed by atoms with Crippen molar-refractivity contribution >= 4 is 46.4 Å². The van der Waals surface area contributed by atoms with Crippen molar-refractivity contribution in [1.29, 1.82) is 0 Å². The van der Waals surface area contributed by atoms with Crippen molar-refractivity contribution in [2.24, 2.45) is 0 Å². The molecule has 2 aromatic rings. The van der Waals surface area contributed by atoms with Crippen molar-refractivity contribution in [1.82, 2.24) is 5.32 Å². The number of hydrogen-bond acceptors (Lipinski definition) is 2. The van der Waals surface area contributed by atoms with Gasteiger partial charge in [-0.2, -0.15) is 0 Å². The van der Waals surface area contributed by atoms with Gasteiger partial charge in [0, 0.05) is 11.1 Å². The second kappa shape index (κ2) is 7.08. The predicted octanol–water partition coefficient (Wildman–Crippen LogP) is 5.62. The Labute approximate surface area is 143 Å². The van der Waals surface area contributed by atoms with Crippen molar-refractivity contribution in [2.45, 2.75) is 6.04 Å². The van der Waals surface area contributed by atoms with Crippen LogP contribution in [0.25, 0.3) is 0 Å². The van der Waals surface area contributed by atoms with Crippen LogP contribution in [0.3, 0.4) is 0 Å². The van der Waals surface area contributed by atoms with Crippen molar-refractivity contribution in [3.8, 4) is 5.75 Å². The third-order valence-corrected chi connectivity index (χ3v) is 4.62. The molecule has 0 heterocycles. The lowest BCUT2D eigenvalue weighted by atomic mass is 9.98. The van der Waals surface area contributed by atoms with Crippen LogP contribution in [0.1, 0.15) is 17.2 Å². The van der Waals surface area contributed by atoms with Crippen molar-refractivity contribution in [3.63, 3.8) is 0 Å². The molecule has 0 aliphatic rings. The van der Waals surface area contributed by atoms with Gasteiger partial charge in [-0.15, -0.1) is 0 Å². The van der Waals surface area contributed by atoms with E-state index in [0.29, 0.717) is 25.8 Å². The Kier molecular flexibility index (Phi) is 5.64. The van der Waals surface area contributed by atoms with Gasteiger partial charge in [-0.1, -0.05) is 58.5 Å². The summed E-state index contributed by atoms with van der Waals surface area (Å²) in [5, 5.41) is 5.18. The number of rotatable bonds is 4. The highest BCUT2D eigenvalue weighted by Gasteiger charge is 2.21. The first kappa shape index (κ1) is 16.7. The lowest BCUT2D eigenvalue weighted by Crippen LogP contribution is -2.18. The van der Waals surface area contributed by atoms with Crippen LogP contribution in [-0.4, -0.2) is 14.2 Å². The Bertz CT molecular complexity index is 660. The van der Waals surface area contributed by atoms with Gasteiger partial charge in [0.25, 0.3) is 0 Å². The molecule has 0 fully saturated rings. The van der Waals surface area contributed by atoms with Gasteiger partial charge in [0.15, 0.2) is 0 Å². The summed E-state index contributed by atoms with van der Waals surface area (Å²) in [6, 6.07) is 8.69. The summed E-state index contributed by atoms with van der Waals surface area (Å²) in [7, 11) is 3.36. The molecule has 21 heavy (non-hydrogen) atoms. The maximum atomic E-state index is 6.34. The van der Waals surface area contributed by atoms with Crippen LogP contribution in [0.4, 0.5) is 0 Å². The topological polar surface area (TPSA) is 21.3 Å². The minimum absolute atomic E-state index is 0.230. The van der Waals surface area contributed by atoms with E-state index in [-0.39, 0.29) is 6.04 Å². The number of methoxy groups -OCH3 is 1. The third kappa shape index (κ3) is 3.41. The van der Waals surface area contributed by atoms with E-state index < -0.39 is 0 Å². The summed E-state index contributed by atoms with van der Waals surface area (Å²) >= 11 is 24.9. The van der Waals surface area contributed by atoms with Crippen LogP contribution in [0.5, 0.6) is 5.75 Å². The average molecular weight is 365 g/mol. The van der Waals surface area contributed by atoms with E-state index in [0.717, 1.165) is 11.1 Å². The molecule has 0 saturated carbocycles. The summed E-state index contributed by atoms with van der Waals surface area (Å²) in [4.78, 5) is 0. The standard InChI is InChI=1S/C15H13Cl4NO/c1-20-15(8-4-3-5-10(16)14(8)19)9-6-12(18)13(21-2)7-11(9)17/h3-7,15,20H,1-2H3. The molecule has 0 saturated heterocycles. The minimum atomic E-state index is -0.230. The van der Waals surface area contributed by atoms with Gasteiger partial charge in [-0.05, 0) is 30.3 Å². The Morgan fingerprint density at radius 1 is 0.952 bits per heavy atom. The maximum Gasteiger partial charge on any atom is 0.138 e. The molecular formula is C15H13Cl4NO. The highest BCUT2D eigenvalue weighted by atomic mass is 35.5. The van der Waals surface area contributed by atoms with Crippen LogP contribution < -0.4 is 10.1 Å². The average Bonchev–Trinajstić information content (AvgIpc) is 2.47. The number of halogens is 4. The largest absolute Gasteiger partial charge is 0.495 e. The molecule has 1 atom stereocenters. The van der Waals surface area contributed by atoms with Crippen LogP contribution in [0, 0.1) is 0 Å². The van der Waals surface area contributed by atoms with Gasteiger partial charge in [0.2, 0.25) is 0 Å². The highest BCUT2D eigenvalue weighted by molar-refractivity contribution is 6.42. The van der Waals surface area contributed by atoms with Gasteiger partial charge < -0.3 is 10.1 Å². The van der Waals surface area contributed by atoms with Crippen LogP contribution in [0.2, 0.25) is 20.1 Å². The fourth-order valence-corrected chi connectivity index (χ4v) is 3.07. The Hall–Kier alpha value is -0.640. The molecule has 2 aromatic carbocycles. The van der Waals surface area contributed by atoms with E-state index in [1.165, 1.54) is 0 Å². The van der Waals surface area contributed by atoms with Crippen molar-refractivity contribution in [3.05, 3.63) is 61.5 Å². The van der Waals surface area contributed by atoms with Crippen LogP contribution >= 0.6 is 46.4 Å².